The normalized spacial score (nSPS) is 47.0. The molecule has 5 atom stereocenters. The highest BCUT2D eigenvalue weighted by Crippen LogP contribution is 2.43. The molecule has 1 aliphatic heterocycles. The van der Waals surface area contributed by atoms with E-state index < -0.39 is 0 Å². The van der Waals surface area contributed by atoms with Gasteiger partial charge in [-0.3, -0.25) is 0 Å². The minimum atomic E-state index is 0.289. The first-order valence-corrected chi connectivity index (χ1v) is 7.47. The molecule has 3 aliphatic rings. The maximum absolute atomic E-state index is 9.25. The predicted octanol–water partition coefficient (Wildman–Crippen LogP) is 2.38. The molecule has 4 heteroatoms. The fourth-order valence-corrected chi connectivity index (χ4v) is 4.23. The molecule has 18 heavy (non-hydrogen) atoms. The highest BCUT2D eigenvalue weighted by molar-refractivity contribution is 5.94. The Balaban J connectivity index is 1.72. The van der Waals surface area contributed by atoms with Gasteiger partial charge >= 0.3 is 0 Å². The third kappa shape index (κ3) is 1.95. The average Bonchev–Trinajstić information content (AvgIpc) is 2.94. The van der Waals surface area contributed by atoms with Gasteiger partial charge in [-0.05, 0) is 51.9 Å². The van der Waals surface area contributed by atoms with Crippen LogP contribution in [0.5, 0.6) is 0 Å². The standard InChI is InChI=1S/C14H25N3O/c1-9-4-3-5-10(2)17(9)15-13-11-6-7-12(8-11)14(13)16-18/h9-13,15,18H,3-8H2,1-2H3/b16-14+/t9-,10-,11+,12+,13-/m1/s1. The summed E-state index contributed by atoms with van der Waals surface area (Å²) in [6, 6.07) is 1.47. The summed E-state index contributed by atoms with van der Waals surface area (Å²) in [5, 5.41) is 15.3. The molecule has 2 bridgehead atoms. The first-order valence-electron chi connectivity index (χ1n) is 7.47. The van der Waals surface area contributed by atoms with E-state index in [1.54, 1.807) is 0 Å². The van der Waals surface area contributed by atoms with E-state index in [1.165, 1.54) is 38.5 Å². The number of rotatable bonds is 2. The molecule has 0 radical (unpaired) electrons. The van der Waals surface area contributed by atoms with Crippen LogP contribution >= 0.6 is 0 Å². The van der Waals surface area contributed by atoms with Crippen molar-refractivity contribution in [2.45, 2.75) is 70.5 Å². The van der Waals surface area contributed by atoms with E-state index in [0.717, 1.165) is 5.71 Å². The van der Waals surface area contributed by atoms with Crippen LogP contribution in [0.4, 0.5) is 0 Å². The number of nitrogens with zero attached hydrogens (tertiary/aromatic N) is 2. The number of piperidine rings is 1. The smallest absolute Gasteiger partial charge is 0.0787 e. The number of fused-ring (bicyclic) bond motifs is 2. The van der Waals surface area contributed by atoms with Crippen LogP contribution in [0.1, 0.15) is 52.4 Å². The van der Waals surface area contributed by atoms with E-state index in [1.807, 2.05) is 0 Å². The second kappa shape index (κ2) is 4.82. The highest BCUT2D eigenvalue weighted by Gasteiger charge is 2.46. The van der Waals surface area contributed by atoms with E-state index in [0.29, 0.717) is 23.9 Å². The summed E-state index contributed by atoms with van der Waals surface area (Å²) in [5.41, 5.74) is 4.70. The van der Waals surface area contributed by atoms with Gasteiger partial charge in [0.15, 0.2) is 0 Å². The Hall–Kier alpha value is -0.610. The van der Waals surface area contributed by atoms with Gasteiger partial charge in [-0.2, -0.15) is 0 Å². The number of nitrogens with one attached hydrogen (secondary N) is 1. The molecule has 0 spiro atoms. The van der Waals surface area contributed by atoms with Crippen LogP contribution in [-0.2, 0) is 0 Å². The van der Waals surface area contributed by atoms with Gasteiger partial charge in [0.2, 0.25) is 0 Å². The molecule has 0 amide bonds. The van der Waals surface area contributed by atoms with Crippen LogP contribution < -0.4 is 5.43 Å². The lowest BCUT2D eigenvalue weighted by molar-refractivity contribution is 0.0318. The lowest BCUT2D eigenvalue weighted by Gasteiger charge is -2.42. The van der Waals surface area contributed by atoms with Gasteiger partial charge in [-0.15, -0.1) is 0 Å². The molecule has 2 aliphatic carbocycles. The highest BCUT2D eigenvalue weighted by atomic mass is 16.4. The lowest BCUT2D eigenvalue weighted by Crippen LogP contribution is -2.58. The Morgan fingerprint density at radius 3 is 2.56 bits per heavy atom. The zero-order valence-electron chi connectivity index (χ0n) is 11.5. The molecule has 0 aromatic carbocycles. The van der Waals surface area contributed by atoms with E-state index >= 15 is 0 Å². The van der Waals surface area contributed by atoms with Gasteiger partial charge in [0.25, 0.3) is 0 Å². The van der Waals surface area contributed by atoms with Crippen LogP contribution in [0.15, 0.2) is 5.16 Å². The topological polar surface area (TPSA) is 47.9 Å². The fourth-order valence-electron chi connectivity index (χ4n) is 4.23. The van der Waals surface area contributed by atoms with Crippen LogP contribution in [-0.4, -0.2) is 34.1 Å². The van der Waals surface area contributed by atoms with Gasteiger partial charge in [-0.25, -0.2) is 10.4 Å². The summed E-state index contributed by atoms with van der Waals surface area (Å²) in [6.07, 6.45) is 7.59. The molecule has 0 unspecified atom stereocenters. The Morgan fingerprint density at radius 1 is 1.17 bits per heavy atom. The fraction of sp³-hybridized carbons (Fsp3) is 0.929. The summed E-state index contributed by atoms with van der Waals surface area (Å²) in [5.74, 6) is 1.22. The lowest BCUT2D eigenvalue weighted by atomic mass is 9.93. The number of hydrogen-bond donors (Lipinski definition) is 2. The van der Waals surface area contributed by atoms with Crippen LogP contribution in [0.3, 0.4) is 0 Å². The average molecular weight is 251 g/mol. The molecule has 3 fully saturated rings. The van der Waals surface area contributed by atoms with E-state index in [2.05, 4.69) is 29.4 Å². The summed E-state index contributed by atoms with van der Waals surface area (Å²) in [4.78, 5) is 0. The van der Waals surface area contributed by atoms with Gasteiger partial charge in [0.05, 0.1) is 11.8 Å². The minimum absolute atomic E-state index is 0.289. The minimum Gasteiger partial charge on any atom is -0.411 e. The maximum atomic E-state index is 9.25. The molecule has 102 valence electrons. The zero-order valence-corrected chi connectivity index (χ0v) is 11.5. The maximum Gasteiger partial charge on any atom is 0.0787 e. The van der Waals surface area contributed by atoms with Crippen molar-refractivity contribution in [3.05, 3.63) is 0 Å². The van der Waals surface area contributed by atoms with Crippen LogP contribution in [0.2, 0.25) is 0 Å². The first kappa shape index (κ1) is 12.4. The Kier molecular flexibility index (Phi) is 3.32. The molecular weight excluding hydrogens is 226 g/mol. The second-order valence-corrected chi connectivity index (χ2v) is 6.44. The largest absolute Gasteiger partial charge is 0.411 e. The number of hydrazine groups is 1. The molecule has 3 rings (SSSR count). The molecular formula is C14H25N3O. The van der Waals surface area contributed by atoms with E-state index in [-0.39, 0.29) is 6.04 Å². The van der Waals surface area contributed by atoms with Crippen molar-refractivity contribution >= 4 is 5.71 Å². The third-order valence-corrected chi connectivity index (χ3v) is 5.28. The molecule has 2 N–H and O–H groups in total. The number of oxime groups is 1. The summed E-state index contributed by atoms with van der Waals surface area (Å²) in [6.45, 7) is 4.59. The monoisotopic (exact) mass is 251 g/mol. The predicted molar refractivity (Wildman–Crippen MR) is 71.6 cm³/mol. The Morgan fingerprint density at radius 2 is 1.89 bits per heavy atom. The number of hydrogen-bond acceptors (Lipinski definition) is 4. The van der Waals surface area contributed by atoms with Crippen LogP contribution in [0.25, 0.3) is 0 Å². The van der Waals surface area contributed by atoms with E-state index in [9.17, 15) is 5.21 Å². The summed E-state index contributed by atoms with van der Waals surface area (Å²) >= 11 is 0. The van der Waals surface area contributed by atoms with Crippen LogP contribution in [0, 0.1) is 11.8 Å². The van der Waals surface area contributed by atoms with Crippen molar-refractivity contribution in [2.75, 3.05) is 0 Å². The van der Waals surface area contributed by atoms with Gasteiger partial charge < -0.3 is 5.21 Å². The van der Waals surface area contributed by atoms with Crippen molar-refractivity contribution in [3.8, 4) is 0 Å². The van der Waals surface area contributed by atoms with Gasteiger partial charge in [0.1, 0.15) is 0 Å². The third-order valence-electron chi connectivity index (χ3n) is 5.28. The first-order chi connectivity index (χ1) is 8.70. The Bertz CT molecular complexity index is 334. The van der Waals surface area contributed by atoms with E-state index in [4.69, 9.17) is 0 Å². The quantitative estimate of drug-likeness (QED) is 0.585. The molecule has 1 heterocycles. The zero-order chi connectivity index (χ0) is 12.7. The summed E-state index contributed by atoms with van der Waals surface area (Å²) in [7, 11) is 0. The second-order valence-electron chi connectivity index (χ2n) is 6.44. The molecule has 0 aromatic rings. The molecule has 1 saturated heterocycles. The molecule has 2 saturated carbocycles. The van der Waals surface area contributed by atoms with Crippen molar-refractivity contribution in [2.24, 2.45) is 17.0 Å². The molecule has 0 aromatic heterocycles. The van der Waals surface area contributed by atoms with Crippen molar-refractivity contribution in [1.82, 2.24) is 10.4 Å². The summed E-state index contributed by atoms with van der Waals surface area (Å²) < 4.78 is 0. The van der Waals surface area contributed by atoms with Crippen molar-refractivity contribution in [1.29, 1.82) is 0 Å². The SMILES string of the molecule is C[C@@H]1CCC[C@@H](C)N1N[C@H]1/C(=N/O)[C@H]2CC[C@H]1C2. The van der Waals surface area contributed by atoms with Crippen molar-refractivity contribution < 1.29 is 5.21 Å². The van der Waals surface area contributed by atoms with Crippen molar-refractivity contribution in [3.63, 3.8) is 0 Å². The molecule has 4 nitrogen and oxygen atoms in total. The van der Waals surface area contributed by atoms with Gasteiger partial charge in [0, 0.05) is 18.0 Å². The Labute approximate surface area is 109 Å². The van der Waals surface area contributed by atoms with Gasteiger partial charge in [-0.1, -0.05) is 11.6 Å².